The highest BCUT2D eigenvalue weighted by Crippen LogP contribution is 2.60. The van der Waals surface area contributed by atoms with Gasteiger partial charge < -0.3 is 104 Å². The van der Waals surface area contributed by atoms with Crippen LogP contribution >= 0.6 is 11.8 Å². The maximum Gasteiger partial charge on any atom is 0.327 e. The monoisotopic (exact) mass is 1390 g/mol. The Kier molecular flexibility index (Phi) is 30.4. The maximum atomic E-state index is 13.9. The van der Waals surface area contributed by atoms with Crippen molar-refractivity contribution in [3.05, 3.63) is 0 Å². The molecule has 4 bridgehead atoms. The number of ether oxygens (including phenoxy) is 1. The number of rotatable bonds is 40. The number of carbonyl (C=O) groups is 15. The van der Waals surface area contributed by atoms with Gasteiger partial charge in [0.05, 0.1) is 12.4 Å². The van der Waals surface area contributed by atoms with E-state index in [0.717, 1.165) is 40.0 Å². The van der Waals surface area contributed by atoms with Gasteiger partial charge in [-0.05, 0) is 110 Å². The second-order valence-electron chi connectivity index (χ2n) is 24.4. The molecule has 534 valence electrons. The molecular weight excluding hydrogens is 1310 g/mol. The first-order valence-corrected chi connectivity index (χ1v) is 33.5. The molecule has 1 saturated heterocycles. The number of hydrogen-bond donors (Lipinski definition) is 19. The number of thioether (sulfide) groups is 1. The van der Waals surface area contributed by atoms with Crippen molar-refractivity contribution >= 4 is 111 Å². The minimum Gasteiger partial charge on any atom is -0.481 e. The Morgan fingerprint density at radius 1 is 0.484 bits per heavy atom. The van der Waals surface area contributed by atoms with Crippen LogP contribution < -0.4 is 53.2 Å². The number of amides is 10. The summed E-state index contributed by atoms with van der Waals surface area (Å²) < 4.78 is 30.3. The van der Waals surface area contributed by atoms with E-state index in [9.17, 15) is 126 Å². The molecule has 5 fully saturated rings. The average molecular weight is 1400 g/mol. The van der Waals surface area contributed by atoms with E-state index in [1.165, 1.54) is 6.92 Å². The van der Waals surface area contributed by atoms with Crippen LogP contribution in [0.25, 0.3) is 0 Å². The summed E-state index contributed by atoms with van der Waals surface area (Å²) >= 11 is 0.705. The number of nitrogens with one attached hydrogen (secondary N) is 10. The third kappa shape index (κ3) is 25.0. The van der Waals surface area contributed by atoms with E-state index in [-0.39, 0.29) is 18.1 Å². The summed E-state index contributed by atoms with van der Waals surface area (Å²) in [5.41, 5.74) is -0.713. The lowest BCUT2D eigenvalue weighted by atomic mass is 9.49. The van der Waals surface area contributed by atoms with Crippen LogP contribution in [0.3, 0.4) is 0 Å². The fraction of sp³-hybridized carbons (Fsp3) is 0.732. The highest BCUT2D eigenvalue weighted by atomic mass is 32.2. The van der Waals surface area contributed by atoms with E-state index in [1.54, 1.807) is 0 Å². The third-order valence-electron chi connectivity index (χ3n) is 16.7. The first kappa shape index (κ1) is 79.6. The summed E-state index contributed by atoms with van der Waals surface area (Å²) in [5, 5.41) is 110. The number of aliphatic hydroxyl groups is 4. The molecule has 0 aromatic heterocycles. The summed E-state index contributed by atoms with van der Waals surface area (Å²) in [6, 6.07) is -16.4. The van der Waals surface area contributed by atoms with Gasteiger partial charge >= 0.3 is 29.8 Å². The van der Waals surface area contributed by atoms with Crippen molar-refractivity contribution in [3.8, 4) is 0 Å². The molecule has 11 unspecified atom stereocenters. The Hall–Kier alpha value is -7.85. The summed E-state index contributed by atoms with van der Waals surface area (Å²) in [7, 11) is -4.24. The topological polar surface area (TPSA) is 602 Å². The lowest BCUT2D eigenvalue weighted by Crippen LogP contribution is -2.64. The SMILES string of the molecule is CC(NC(=O)C(CCC(=O)O)NC(=O)C(C)NC(=O)C(CCC(=O)O)NC(=O)C(C)NC(=O)C(CCC(=O)O)NC(=O)C(C)NC(=O)C(CCC(=O)O)NC(=O)C12CC3CC(CC(C3)C1)C2)C(=O)NC(CSCCS(=O)(=O)CC(=O)NC1C(O)O[C@H](CO)[C@H](O)[C@@H]1O)C(=O)O. The summed E-state index contributed by atoms with van der Waals surface area (Å²) in [4.78, 5) is 193. The maximum absolute atomic E-state index is 13.9. The lowest BCUT2D eigenvalue weighted by Gasteiger charge is -2.55. The van der Waals surface area contributed by atoms with Gasteiger partial charge in [-0.15, -0.1) is 0 Å². The van der Waals surface area contributed by atoms with Gasteiger partial charge in [-0.25, -0.2) is 13.2 Å². The molecule has 4 saturated carbocycles. The Morgan fingerprint density at radius 2 is 0.821 bits per heavy atom. The molecule has 14 atom stereocenters. The van der Waals surface area contributed by atoms with Crippen LogP contribution in [0.4, 0.5) is 0 Å². The van der Waals surface area contributed by atoms with Gasteiger partial charge in [-0.2, -0.15) is 11.8 Å². The van der Waals surface area contributed by atoms with E-state index in [1.807, 2.05) is 5.32 Å². The smallest absolute Gasteiger partial charge is 0.327 e. The van der Waals surface area contributed by atoms with Crippen LogP contribution in [0.2, 0.25) is 0 Å². The molecular formula is C56H86N10O27S2. The Morgan fingerprint density at radius 3 is 1.15 bits per heavy atom. The van der Waals surface area contributed by atoms with Crippen molar-refractivity contribution in [3.63, 3.8) is 0 Å². The fourth-order valence-corrected chi connectivity index (χ4v) is 14.6. The van der Waals surface area contributed by atoms with Gasteiger partial charge in [-0.3, -0.25) is 67.1 Å². The molecule has 1 aliphatic heterocycles. The van der Waals surface area contributed by atoms with Gasteiger partial charge in [0.25, 0.3) is 0 Å². The molecule has 0 aromatic carbocycles. The largest absolute Gasteiger partial charge is 0.481 e. The third-order valence-corrected chi connectivity index (χ3v) is 19.5. The van der Waals surface area contributed by atoms with Gasteiger partial charge in [0, 0.05) is 42.6 Å². The van der Waals surface area contributed by atoms with Gasteiger partial charge in [-0.1, -0.05) is 0 Å². The van der Waals surface area contributed by atoms with Crippen LogP contribution in [-0.2, 0) is 86.5 Å². The fourth-order valence-electron chi connectivity index (χ4n) is 11.9. The average Bonchev–Trinajstić information content (AvgIpc) is 0.743. The highest BCUT2D eigenvalue weighted by molar-refractivity contribution is 8.00. The van der Waals surface area contributed by atoms with E-state index >= 15 is 0 Å². The number of carbonyl (C=O) groups excluding carboxylic acids is 10. The van der Waals surface area contributed by atoms with Crippen molar-refractivity contribution in [2.45, 2.75) is 203 Å². The second kappa shape index (κ2) is 36.3. The molecule has 5 aliphatic rings. The van der Waals surface area contributed by atoms with Gasteiger partial charge in [0.15, 0.2) is 16.1 Å². The number of aliphatic carboxylic acids is 5. The normalized spacial score (nSPS) is 24.7. The lowest BCUT2D eigenvalue weighted by molar-refractivity contribution is -0.253. The van der Waals surface area contributed by atoms with Gasteiger partial charge in [0.1, 0.15) is 84.5 Å². The molecule has 95 heavy (non-hydrogen) atoms. The molecule has 1 heterocycles. The minimum absolute atomic E-state index is 0.330. The Labute approximate surface area is 548 Å². The molecule has 4 aliphatic carbocycles. The van der Waals surface area contributed by atoms with Crippen molar-refractivity contribution in [1.29, 1.82) is 0 Å². The van der Waals surface area contributed by atoms with Gasteiger partial charge in [0.2, 0.25) is 59.1 Å². The van der Waals surface area contributed by atoms with Crippen molar-refractivity contribution in [2.75, 3.05) is 29.6 Å². The molecule has 19 N–H and O–H groups in total. The van der Waals surface area contributed by atoms with Crippen molar-refractivity contribution < 1.29 is 131 Å². The van der Waals surface area contributed by atoms with Crippen molar-refractivity contribution in [2.24, 2.45) is 23.2 Å². The van der Waals surface area contributed by atoms with Crippen LogP contribution in [0.15, 0.2) is 0 Å². The molecule has 39 heteroatoms. The molecule has 5 rings (SSSR count). The number of aliphatic hydroxyl groups excluding tert-OH is 4. The molecule has 37 nitrogen and oxygen atoms in total. The molecule has 0 aromatic rings. The first-order valence-electron chi connectivity index (χ1n) is 30.6. The zero-order valence-electron chi connectivity index (χ0n) is 52.4. The van der Waals surface area contributed by atoms with Crippen LogP contribution in [0.1, 0.15) is 118 Å². The van der Waals surface area contributed by atoms with E-state index < -0.39 is 252 Å². The van der Waals surface area contributed by atoms with E-state index in [4.69, 9.17) is 4.74 Å². The zero-order chi connectivity index (χ0) is 71.4. The van der Waals surface area contributed by atoms with Crippen LogP contribution in [-0.4, -0.2) is 258 Å². The van der Waals surface area contributed by atoms with Crippen LogP contribution in [0, 0.1) is 23.2 Å². The quantitative estimate of drug-likeness (QED) is 0.0254. The predicted molar refractivity (Wildman–Crippen MR) is 324 cm³/mol. The number of hydrogen-bond acceptors (Lipinski definition) is 23. The highest BCUT2D eigenvalue weighted by Gasteiger charge is 2.55. The van der Waals surface area contributed by atoms with Crippen molar-refractivity contribution in [1.82, 2.24) is 53.2 Å². The number of sulfone groups is 1. The second-order valence-corrected chi connectivity index (χ2v) is 27.8. The van der Waals surface area contributed by atoms with E-state index in [0.29, 0.717) is 48.8 Å². The molecule has 10 amide bonds. The minimum atomic E-state index is -4.24. The zero-order valence-corrected chi connectivity index (χ0v) is 54.1. The Bertz CT molecular complexity index is 2940. The summed E-state index contributed by atoms with van der Waals surface area (Å²) in [6.07, 6.45) is -6.93. The van der Waals surface area contributed by atoms with Crippen LogP contribution in [0.5, 0.6) is 0 Å². The number of carboxylic acids is 5. The Balaban J connectivity index is 1.32. The first-order chi connectivity index (χ1) is 44.3. The summed E-state index contributed by atoms with van der Waals surface area (Å²) in [5.74, 6) is -19.4. The number of carboxylic acid groups (broad SMARTS) is 5. The van der Waals surface area contributed by atoms with E-state index in [2.05, 4.69) is 47.9 Å². The standard InChI is InChI=1S/C56H86N10O27S2/c1-24(58-50(84)32(6-10-39(71)72)63-47(81)26(3)60-52(86)34(8-12-41(75)76)65-55(90)56-18-28-15-29(19-56)17-30(16-28)20-56)45(79)61-31(5-9-38(69)70)49(83)57-25(2)46(80)62-33(7-11-40(73)74)51(85)59-27(4)48(82)64-35(53(87)88)22-94-13-14-95(91,92)23-37(68)66-42-44(78)43(77)36(21-67)93-54(42)89/h24-36,42-44,54,67,77-78,89H,5-23H2,1-4H3,(H,57,83)(H,58,84)(H,59,85)(H,60,86)(H,61,79)(H,62,80)(H,63,81)(H,64,82)(H,65,90)(H,66,68)(H,69,70)(H,71,72)(H,73,74)(H,75,76)(H,87,88)/t24?,25?,26?,27?,28?,29?,30?,31?,32?,33?,34?,35?,36-,42?,43+,44-,54?,56?/m1/s1. The molecule has 0 radical (unpaired) electrons. The summed E-state index contributed by atoms with van der Waals surface area (Å²) in [6.45, 7) is 3.64. The predicted octanol–water partition coefficient (Wildman–Crippen LogP) is -6.75. The molecule has 0 spiro atoms.